The number of rotatable bonds is 5. The maximum absolute atomic E-state index is 15.5. The van der Waals surface area contributed by atoms with Crippen LogP contribution in [-0.4, -0.2) is 10.6 Å². The summed E-state index contributed by atoms with van der Waals surface area (Å²) in [6.45, 7) is 4.82. The molecule has 3 aromatic carbocycles. The number of aromatic nitrogens is 1. The van der Waals surface area contributed by atoms with E-state index in [-0.39, 0.29) is 17.0 Å². The highest BCUT2D eigenvalue weighted by atomic mass is 31.2. The second-order valence-corrected chi connectivity index (χ2v) is 13.8. The Bertz CT molecular complexity index is 1320. The first kappa shape index (κ1) is 22.5. The van der Waals surface area contributed by atoms with Crippen molar-refractivity contribution in [3.8, 4) is 11.3 Å². The molecule has 4 aromatic rings. The predicted molar refractivity (Wildman–Crippen MR) is 146 cm³/mol. The van der Waals surface area contributed by atoms with E-state index < -0.39 is 7.14 Å². The lowest BCUT2D eigenvalue weighted by molar-refractivity contribution is -0.0792. The van der Waals surface area contributed by atoms with Crippen molar-refractivity contribution < 1.29 is 4.57 Å². The molecule has 3 aliphatic rings. The minimum Gasteiger partial charge on any atom is -0.313 e. The van der Waals surface area contributed by atoms with Gasteiger partial charge in [-0.15, -0.1) is 0 Å². The molecule has 0 saturated heterocycles. The lowest BCUT2D eigenvalue weighted by Crippen LogP contribution is -2.57. The SMILES string of the molecule is CC1(C)[C@@H]2C[C@H]1[C@H](c1cccc(-c3ccccc3)n1)[C@@H](P(=O)(c1ccccc1)c1ccccc1)C2. The van der Waals surface area contributed by atoms with Gasteiger partial charge in [0.05, 0.1) is 5.69 Å². The van der Waals surface area contributed by atoms with Crippen molar-refractivity contribution in [3.05, 3.63) is 115 Å². The van der Waals surface area contributed by atoms with Crippen LogP contribution in [0.1, 0.15) is 38.3 Å². The third-order valence-corrected chi connectivity index (χ3v) is 12.4. The number of hydrogen-bond donors (Lipinski definition) is 0. The van der Waals surface area contributed by atoms with Crippen LogP contribution in [0.4, 0.5) is 0 Å². The summed E-state index contributed by atoms with van der Waals surface area (Å²) in [5.41, 5.74) is 3.50. The summed E-state index contributed by atoms with van der Waals surface area (Å²) in [6, 6.07) is 37.3. The van der Waals surface area contributed by atoms with Crippen LogP contribution in [0.2, 0.25) is 0 Å². The van der Waals surface area contributed by atoms with Gasteiger partial charge in [0.1, 0.15) is 7.14 Å². The fourth-order valence-electron chi connectivity index (χ4n) is 6.79. The van der Waals surface area contributed by atoms with Gasteiger partial charge in [0.2, 0.25) is 0 Å². The van der Waals surface area contributed by atoms with E-state index in [1.54, 1.807) is 0 Å². The molecule has 3 saturated carbocycles. The third kappa shape index (κ3) is 3.62. The van der Waals surface area contributed by atoms with Crippen LogP contribution in [-0.2, 0) is 4.57 Å². The Morgan fingerprint density at radius 1 is 0.714 bits per heavy atom. The van der Waals surface area contributed by atoms with Gasteiger partial charge in [-0.3, -0.25) is 4.98 Å². The summed E-state index contributed by atoms with van der Waals surface area (Å²) < 4.78 is 15.5. The first-order chi connectivity index (χ1) is 17.0. The van der Waals surface area contributed by atoms with Gasteiger partial charge in [-0.1, -0.05) is 111 Å². The molecule has 3 heteroatoms. The first-order valence-corrected chi connectivity index (χ1v) is 14.5. The van der Waals surface area contributed by atoms with Gasteiger partial charge in [0, 0.05) is 33.4 Å². The van der Waals surface area contributed by atoms with Crippen molar-refractivity contribution in [1.82, 2.24) is 4.98 Å². The van der Waals surface area contributed by atoms with Crippen molar-refractivity contribution in [2.75, 3.05) is 0 Å². The van der Waals surface area contributed by atoms with E-state index in [0.29, 0.717) is 11.8 Å². The Labute approximate surface area is 208 Å². The summed E-state index contributed by atoms with van der Waals surface area (Å²) >= 11 is 0. The van der Waals surface area contributed by atoms with Gasteiger partial charge < -0.3 is 4.57 Å². The van der Waals surface area contributed by atoms with Crippen LogP contribution < -0.4 is 10.6 Å². The molecular formula is C32H32NOP. The molecule has 35 heavy (non-hydrogen) atoms. The minimum absolute atomic E-state index is 0.0441. The molecule has 0 amide bonds. The van der Waals surface area contributed by atoms with Crippen LogP contribution >= 0.6 is 7.14 Å². The van der Waals surface area contributed by atoms with Crippen LogP contribution in [0.15, 0.2) is 109 Å². The number of fused-ring (bicyclic) bond motifs is 2. The molecule has 0 radical (unpaired) electrons. The molecule has 1 aromatic heterocycles. The topological polar surface area (TPSA) is 30.0 Å². The second kappa shape index (κ2) is 8.61. The van der Waals surface area contributed by atoms with Gasteiger partial charge in [-0.2, -0.15) is 0 Å². The fraction of sp³-hybridized carbons (Fsp3) is 0.281. The average molecular weight is 478 g/mol. The van der Waals surface area contributed by atoms with Gasteiger partial charge in [-0.05, 0) is 42.2 Å². The molecule has 1 heterocycles. The molecule has 7 rings (SSSR count). The van der Waals surface area contributed by atoms with E-state index >= 15 is 4.57 Å². The zero-order valence-electron chi connectivity index (χ0n) is 20.4. The molecule has 2 nitrogen and oxygen atoms in total. The standard InChI is InChI=1S/C32H32NOP/c1-32(2)24-21-27(32)31(29-20-12-19-28(33-29)23-13-6-3-7-14-23)30(22-24)35(34,25-15-8-4-9-16-25)26-17-10-5-11-18-26/h3-20,24,27,30-31H,21-22H2,1-2H3/t24-,27+,30+,31-/m1/s1. The fourth-order valence-corrected chi connectivity index (χ4v) is 10.4. The summed E-state index contributed by atoms with van der Waals surface area (Å²) in [4.78, 5) is 5.24. The van der Waals surface area contributed by atoms with Crippen LogP contribution in [0.3, 0.4) is 0 Å². The highest BCUT2D eigenvalue weighted by Crippen LogP contribution is 2.71. The molecule has 4 atom stereocenters. The van der Waals surface area contributed by atoms with E-state index in [0.717, 1.165) is 34.0 Å². The van der Waals surface area contributed by atoms with Crippen molar-refractivity contribution in [3.63, 3.8) is 0 Å². The molecule has 3 fully saturated rings. The Hall–Kier alpha value is -2.96. The number of benzene rings is 3. The molecule has 3 aliphatic carbocycles. The first-order valence-electron chi connectivity index (χ1n) is 12.7. The number of pyridine rings is 1. The molecular weight excluding hydrogens is 445 g/mol. The molecule has 0 unspecified atom stereocenters. The summed E-state index contributed by atoms with van der Waals surface area (Å²) in [5.74, 6) is 1.24. The minimum atomic E-state index is -2.91. The molecule has 0 spiro atoms. The molecule has 0 N–H and O–H groups in total. The molecule has 2 bridgehead atoms. The Kier molecular flexibility index (Phi) is 5.53. The zero-order chi connectivity index (χ0) is 24.0. The molecule has 176 valence electrons. The van der Waals surface area contributed by atoms with Crippen molar-refractivity contribution >= 4 is 17.8 Å². The van der Waals surface area contributed by atoms with E-state index in [1.165, 1.54) is 6.42 Å². The Morgan fingerprint density at radius 3 is 1.86 bits per heavy atom. The van der Waals surface area contributed by atoms with Crippen molar-refractivity contribution in [2.24, 2.45) is 17.3 Å². The Balaban J connectivity index is 1.53. The largest absolute Gasteiger partial charge is 0.313 e. The third-order valence-electron chi connectivity index (χ3n) is 8.85. The summed E-state index contributed by atoms with van der Waals surface area (Å²) in [6.07, 6.45) is 2.18. The maximum Gasteiger partial charge on any atom is 0.146 e. The highest BCUT2D eigenvalue weighted by molar-refractivity contribution is 7.79. The smallest absolute Gasteiger partial charge is 0.146 e. The van der Waals surface area contributed by atoms with Crippen molar-refractivity contribution in [1.29, 1.82) is 0 Å². The van der Waals surface area contributed by atoms with Crippen LogP contribution in [0.25, 0.3) is 11.3 Å². The van der Waals surface area contributed by atoms with E-state index in [2.05, 4.69) is 80.6 Å². The van der Waals surface area contributed by atoms with E-state index in [1.807, 2.05) is 42.5 Å². The maximum atomic E-state index is 15.5. The lowest BCUT2D eigenvalue weighted by Gasteiger charge is -2.63. The lowest BCUT2D eigenvalue weighted by atomic mass is 9.45. The van der Waals surface area contributed by atoms with Crippen molar-refractivity contribution in [2.45, 2.75) is 38.3 Å². The molecule has 0 aliphatic heterocycles. The summed E-state index contributed by atoms with van der Waals surface area (Å²) in [7, 11) is -2.91. The average Bonchev–Trinajstić information content (AvgIpc) is 2.93. The monoisotopic (exact) mass is 477 g/mol. The normalized spacial score (nSPS) is 25.0. The van der Waals surface area contributed by atoms with Gasteiger partial charge in [0.15, 0.2) is 0 Å². The van der Waals surface area contributed by atoms with E-state index in [4.69, 9.17) is 4.98 Å². The zero-order valence-corrected chi connectivity index (χ0v) is 21.3. The van der Waals surface area contributed by atoms with Crippen LogP contribution in [0.5, 0.6) is 0 Å². The number of nitrogens with zero attached hydrogens (tertiary/aromatic N) is 1. The summed E-state index contributed by atoms with van der Waals surface area (Å²) in [5, 5.41) is 1.94. The van der Waals surface area contributed by atoms with Gasteiger partial charge >= 0.3 is 0 Å². The van der Waals surface area contributed by atoms with Crippen LogP contribution in [0, 0.1) is 17.3 Å². The van der Waals surface area contributed by atoms with Gasteiger partial charge in [0.25, 0.3) is 0 Å². The Morgan fingerprint density at radius 2 is 1.29 bits per heavy atom. The predicted octanol–water partition coefficient (Wildman–Crippen LogP) is 7.28. The number of hydrogen-bond acceptors (Lipinski definition) is 2. The highest BCUT2D eigenvalue weighted by Gasteiger charge is 2.62. The van der Waals surface area contributed by atoms with E-state index in [9.17, 15) is 0 Å². The second-order valence-electron chi connectivity index (χ2n) is 10.8. The quantitative estimate of drug-likeness (QED) is 0.283. The van der Waals surface area contributed by atoms with Gasteiger partial charge in [-0.25, -0.2) is 0 Å².